The van der Waals surface area contributed by atoms with E-state index in [4.69, 9.17) is 0 Å². The summed E-state index contributed by atoms with van der Waals surface area (Å²) in [6.45, 7) is 0.187. The van der Waals surface area contributed by atoms with Gasteiger partial charge in [-0.1, -0.05) is 12.1 Å². The van der Waals surface area contributed by atoms with Crippen molar-refractivity contribution < 1.29 is 14.0 Å². The number of benzene rings is 1. The fourth-order valence-corrected chi connectivity index (χ4v) is 3.70. The third kappa shape index (κ3) is 2.91. The Morgan fingerprint density at radius 3 is 2.88 bits per heavy atom. The van der Waals surface area contributed by atoms with Crippen LogP contribution in [0.15, 0.2) is 29.6 Å². The molecule has 1 saturated carbocycles. The maximum Gasteiger partial charge on any atom is 0.231 e. The van der Waals surface area contributed by atoms with Gasteiger partial charge < -0.3 is 10.2 Å². The van der Waals surface area contributed by atoms with Crippen molar-refractivity contribution in [3.8, 4) is 0 Å². The summed E-state index contributed by atoms with van der Waals surface area (Å²) in [6.07, 6.45) is 2.40. The lowest BCUT2D eigenvalue weighted by Crippen LogP contribution is -2.28. The molecule has 124 valence electrons. The average molecular weight is 345 g/mol. The highest BCUT2D eigenvalue weighted by atomic mass is 32.1. The SMILES string of the molecule is O=C(Nc1nc(C2CC2)cs1)[C@H]1CC(=O)N(c2ccccc2F)C1. The Hall–Kier alpha value is -2.28. The number of carbonyl (C=O) groups is 2. The second-order valence-electron chi connectivity index (χ2n) is 6.20. The van der Waals surface area contributed by atoms with Gasteiger partial charge in [-0.25, -0.2) is 9.37 Å². The third-order valence-corrected chi connectivity index (χ3v) is 5.16. The Kier molecular flexibility index (Phi) is 3.80. The lowest BCUT2D eigenvalue weighted by atomic mass is 10.1. The first-order chi connectivity index (χ1) is 11.6. The average Bonchev–Trinajstić information content (AvgIpc) is 3.19. The smallest absolute Gasteiger partial charge is 0.231 e. The largest absolute Gasteiger partial charge is 0.309 e. The number of para-hydroxylation sites is 1. The molecule has 2 aromatic rings. The minimum atomic E-state index is -0.495. The Labute approximate surface area is 142 Å². The molecule has 5 nitrogen and oxygen atoms in total. The molecule has 1 N–H and O–H groups in total. The molecular weight excluding hydrogens is 329 g/mol. The van der Waals surface area contributed by atoms with Crippen LogP contribution in [-0.4, -0.2) is 23.3 Å². The normalized spacial score (nSPS) is 20.5. The number of rotatable bonds is 4. The van der Waals surface area contributed by atoms with Crippen molar-refractivity contribution in [3.63, 3.8) is 0 Å². The van der Waals surface area contributed by atoms with Crippen molar-refractivity contribution in [1.29, 1.82) is 0 Å². The van der Waals surface area contributed by atoms with Crippen LogP contribution in [0.5, 0.6) is 0 Å². The molecule has 1 aromatic carbocycles. The maximum absolute atomic E-state index is 13.9. The third-order valence-electron chi connectivity index (χ3n) is 4.39. The van der Waals surface area contributed by atoms with Gasteiger partial charge in [-0.15, -0.1) is 11.3 Å². The number of thiazole rings is 1. The van der Waals surface area contributed by atoms with Crippen molar-refractivity contribution in [2.75, 3.05) is 16.8 Å². The maximum atomic E-state index is 13.9. The van der Waals surface area contributed by atoms with Gasteiger partial charge in [0.2, 0.25) is 11.8 Å². The van der Waals surface area contributed by atoms with E-state index in [-0.39, 0.29) is 30.5 Å². The summed E-state index contributed by atoms with van der Waals surface area (Å²) in [7, 11) is 0. The number of hydrogen-bond donors (Lipinski definition) is 1. The van der Waals surface area contributed by atoms with Crippen LogP contribution >= 0.6 is 11.3 Å². The molecule has 0 unspecified atom stereocenters. The Morgan fingerprint density at radius 1 is 1.33 bits per heavy atom. The van der Waals surface area contributed by atoms with E-state index in [1.165, 1.54) is 22.3 Å². The van der Waals surface area contributed by atoms with Gasteiger partial charge >= 0.3 is 0 Å². The van der Waals surface area contributed by atoms with Gasteiger partial charge in [0.15, 0.2) is 5.13 Å². The molecule has 2 amide bonds. The van der Waals surface area contributed by atoms with E-state index in [1.54, 1.807) is 18.2 Å². The summed E-state index contributed by atoms with van der Waals surface area (Å²) in [5.74, 6) is -0.889. The molecule has 1 atom stereocenters. The number of nitrogens with zero attached hydrogens (tertiary/aromatic N) is 2. The summed E-state index contributed by atoms with van der Waals surface area (Å²) < 4.78 is 13.9. The van der Waals surface area contributed by atoms with E-state index < -0.39 is 11.7 Å². The van der Waals surface area contributed by atoms with E-state index in [9.17, 15) is 14.0 Å². The first-order valence-electron chi connectivity index (χ1n) is 7.93. The first kappa shape index (κ1) is 15.3. The fraction of sp³-hybridized carbons (Fsp3) is 0.353. The molecule has 2 aliphatic rings. The Morgan fingerprint density at radius 2 is 2.12 bits per heavy atom. The molecule has 1 aromatic heterocycles. The molecule has 1 aliphatic heterocycles. The van der Waals surface area contributed by atoms with E-state index in [1.807, 2.05) is 5.38 Å². The summed E-state index contributed by atoms with van der Waals surface area (Å²) in [6, 6.07) is 6.11. The van der Waals surface area contributed by atoms with Crippen LogP contribution in [0.25, 0.3) is 0 Å². The molecule has 4 rings (SSSR count). The van der Waals surface area contributed by atoms with E-state index in [2.05, 4.69) is 10.3 Å². The monoisotopic (exact) mass is 345 g/mol. The number of aromatic nitrogens is 1. The van der Waals surface area contributed by atoms with Gasteiger partial charge in [-0.05, 0) is 25.0 Å². The van der Waals surface area contributed by atoms with Crippen LogP contribution in [0.2, 0.25) is 0 Å². The van der Waals surface area contributed by atoms with Gasteiger partial charge in [-0.2, -0.15) is 0 Å². The highest BCUT2D eigenvalue weighted by molar-refractivity contribution is 7.13. The van der Waals surface area contributed by atoms with Crippen molar-refractivity contribution >= 4 is 34.0 Å². The topological polar surface area (TPSA) is 62.3 Å². The van der Waals surface area contributed by atoms with Gasteiger partial charge in [0.25, 0.3) is 0 Å². The van der Waals surface area contributed by atoms with Gasteiger partial charge in [-0.3, -0.25) is 9.59 Å². The van der Waals surface area contributed by atoms with Crippen LogP contribution < -0.4 is 10.2 Å². The van der Waals surface area contributed by atoms with Crippen LogP contribution in [0.1, 0.15) is 30.9 Å². The molecule has 24 heavy (non-hydrogen) atoms. The zero-order valence-corrected chi connectivity index (χ0v) is 13.7. The lowest BCUT2D eigenvalue weighted by molar-refractivity contribution is -0.122. The molecular formula is C17H16FN3O2S. The molecule has 0 radical (unpaired) electrons. The Bertz CT molecular complexity index is 803. The van der Waals surface area contributed by atoms with Crippen LogP contribution in [0.4, 0.5) is 15.2 Å². The van der Waals surface area contributed by atoms with Crippen molar-refractivity contribution in [1.82, 2.24) is 4.98 Å². The number of halogens is 1. The van der Waals surface area contributed by atoms with Crippen LogP contribution in [0, 0.1) is 11.7 Å². The zero-order valence-electron chi connectivity index (χ0n) is 12.9. The predicted molar refractivity (Wildman–Crippen MR) is 89.6 cm³/mol. The molecule has 1 aliphatic carbocycles. The second-order valence-corrected chi connectivity index (χ2v) is 7.06. The summed E-state index contributed by atoms with van der Waals surface area (Å²) in [5, 5.41) is 5.33. The Balaban J connectivity index is 1.44. The number of carbonyl (C=O) groups excluding carboxylic acids is 2. The number of hydrogen-bond acceptors (Lipinski definition) is 4. The predicted octanol–water partition coefficient (Wildman–Crippen LogP) is 3.15. The standard InChI is InChI=1S/C17H16FN3O2S/c18-12-3-1-2-4-14(12)21-8-11(7-15(21)22)16(23)20-17-19-13(9-24-17)10-5-6-10/h1-4,9-11H,5-8H2,(H,19,20,23)/t11-/m0/s1. The first-order valence-corrected chi connectivity index (χ1v) is 8.81. The molecule has 1 saturated heterocycles. The number of anilines is 2. The van der Waals surface area contributed by atoms with Crippen LogP contribution in [0.3, 0.4) is 0 Å². The quantitative estimate of drug-likeness (QED) is 0.926. The molecule has 7 heteroatoms. The minimum Gasteiger partial charge on any atom is -0.309 e. The van der Waals surface area contributed by atoms with Gasteiger partial charge in [0, 0.05) is 24.3 Å². The van der Waals surface area contributed by atoms with Crippen molar-refractivity contribution in [3.05, 3.63) is 41.2 Å². The summed E-state index contributed by atoms with van der Waals surface area (Å²) in [5.41, 5.74) is 1.26. The molecule has 2 heterocycles. The minimum absolute atomic E-state index is 0.0844. The second kappa shape index (κ2) is 5.98. The zero-order chi connectivity index (χ0) is 16.7. The van der Waals surface area contributed by atoms with Gasteiger partial charge in [0.05, 0.1) is 17.3 Å². The number of nitrogens with one attached hydrogen (secondary N) is 1. The summed E-state index contributed by atoms with van der Waals surface area (Å²) >= 11 is 1.40. The van der Waals surface area contributed by atoms with Crippen molar-refractivity contribution in [2.24, 2.45) is 5.92 Å². The number of amides is 2. The molecule has 0 bridgehead atoms. The van der Waals surface area contributed by atoms with Gasteiger partial charge in [0.1, 0.15) is 5.82 Å². The van der Waals surface area contributed by atoms with E-state index in [0.717, 1.165) is 18.5 Å². The van der Waals surface area contributed by atoms with Crippen molar-refractivity contribution in [2.45, 2.75) is 25.2 Å². The van der Waals surface area contributed by atoms with E-state index >= 15 is 0 Å². The highest BCUT2D eigenvalue weighted by Gasteiger charge is 2.36. The lowest BCUT2D eigenvalue weighted by Gasteiger charge is -2.17. The highest BCUT2D eigenvalue weighted by Crippen LogP contribution is 2.41. The molecule has 0 spiro atoms. The summed E-state index contributed by atoms with van der Waals surface area (Å²) in [4.78, 5) is 30.3. The molecule has 2 fully saturated rings. The van der Waals surface area contributed by atoms with Crippen LogP contribution in [-0.2, 0) is 9.59 Å². The van der Waals surface area contributed by atoms with E-state index in [0.29, 0.717) is 11.0 Å². The fourth-order valence-electron chi connectivity index (χ4n) is 2.90.